The molecule has 0 fully saturated rings. The van der Waals surface area contributed by atoms with Crippen LogP contribution in [0.4, 0.5) is 0 Å². The Labute approximate surface area is 77.9 Å². The number of allylic oxidation sites excluding steroid dienone is 2. The molecule has 0 aromatic heterocycles. The number of carbonyl (C=O) groups is 1. The van der Waals surface area contributed by atoms with Gasteiger partial charge in [0.05, 0.1) is 11.5 Å². The summed E-state index contributed by atoms with van der Waals surface area (Å²) in [5.74, 6) is -1.44. The zero-order valence-electron chi connectivity index (χ0n) is 7.73. The number of carboxylic acids is 1. The second-order valence-corrected chi connectivity index (χ2v) is 3.42. The van der Waals surface area contributed by atoms with E-state index in [-0.39, 0.29) is 0 Å². The van der Waals surface area contributed by atoms with Gasteiger partial charge in [0.2, 0.25) is 0 Å². The van der Waals surface area contributed by atoms with Crippen LogP contribution >= 0.6 is 0 Å². The van der Waals surface area contributed by atoms with Crippen LogP contribution in [0, 0.1) is 5.92 Å². The van der Waals surface area contributed by atoms with Gasteiger partial charge in [-0.1, -0.05) is 37.6 Å². The van der Waals surface area contributed by atoms with E-state index in [0.29, 0.717) is 6.42 Å². The number of hydrogen-bond acceptors (Lipinski definition) is 2. The van der Waals surface area contributed by atoms with Gasteiger partial charge in [-0.15, -0.1) is 0 Å². The van der Waals surface area contributed by atoms with Gasteiger partial charge in [0.1, 0.15) is 0 Å². The molecule has 0 bridgehead atoms. The lowest BCUT2D eigenvalue weighted by atomic mass is 9.78. The number of hydrogen-bond donors (Lipinski definition) is 2. The lowest BCUT2D eigenvalue weighted by Gasteiger charge is -2.31. The Morgan fingerprint density at radius 1 is 1.62 bits per heavy atom. The first-order valence-corrected chi connectivity index (χ1v) is 4.48. The molecule has 0 spiro atoms. The average Bonchev–Trinajstić information content (AvgIpc) is 2.04. The average molecular weight is 181 g/mol. The summed E-state index contributed by atoms with van der Waals surface area (Å²) in [5, 5.41) is 8.94. The number of carboxylic acid groups (broad SMARTS) is 1. The Hall–Kier alpha value is -1.09. The molecule has 0 amide bonds. The van der Waals surface area contributed by atoms with Gasteiger partial charge in [0, 0.05) is 0 Å². The molecule has 0 saturated carbocycles. The molecule has 1 aliphatic rings. The first-order chi connectivity index (χ1) is 6.10. The minimum Gasteiger partial charge on any atom is -0.481 e. The monoisotopic (exact) mass is 181 g/mol. The molecule has 0 saturated heterocycles. The molecule has 13 heavy (non-hydrogen) atoms. The molecule has 0 heterocycles. The van der Waals surface area contributed by atoms with E-state index >= 15 is 0 Å². The predicted molar refractivity (Wildman–Crippen MR) is 51.2 cm³/mol. The fraction of sp³-hybridized carbons (Fsp3) is 0.500. The number of nitrogens with two attached hydrogens (primary N) is 1. The van der Waals surface area contributed by atoms with Crippen molar-refractivity contribution >= 4 is 5.97 Å². The molecule has 3 N–H and O–H groups in total. The normalized spacial score (nSPS) is 32.0. The van der Waals surface area contributed by atoms with Crippen molar-refractivity contribution in [3.63, 3.8) is 0 Å². The third-order valence-electron chi connectivity index (χ3n) is 2.35. The fourth-order valence-corrected chi connectivity index (χ4v) is 1.68. The summed E-state index contributed by atoms with van der Waals surface area (Å²) in [4.78, 5) is 10.9. The molecule has 0 aromatic rings. The first kappa shape index (κ1) is 9.99. The van der Waals surface area contributed by atoms with Gasteiger partial charge in [0.25, 0.3) is 0 Å². The largest absolute Gasteiger partial charge is 0.481 e. The molecule has 2 atom stereocenters. The summed E-state index contributed by atoms with van der Waals surface area (Å²) in [6.07, 6.45) is 8.57. The highest BCUT2D eigenvalue weighted by atomic mass is 16.4. The second-order valence-electron chi connectivity index (χ2n) is 3.42. The van der Waals surface area contributed by atoms with Crippen molar-refractivity contribution in [3.05, 3.63) is 24.3 Å². The van der Waals surface area contributed by atoms with Gasteiger partial charge in [-0.05, 0) is 6.42 Å². The Morgan fingerprint density at radius 3 is 2.85 bits per heavy atom. The van der Waals surface area contributed by atoms with Crippen molar-refractivity contribution in [2.24, 2.45) is 11.7 Å². The highest BCUT2D eigenvalue weighted by Crippen LogP contribution is 2.26. The van der Waals surface area contributed by atoms with Gasteiger partial charge in [0.15, 0.2) is 0 Å². The summed E-state index contributed by atoms with van der Waals surface area (Å²) in [6, 6.07) is 0. The van der Waals surface area contributed by atoms with Crippen LogP contribution in [0.5, 0.6) is 0 Å². The fourth-order valence-electron chi connectivity index (χ4n) is 1.68. The molecule has 0 aliphatic heterocycles. The van der Waals surface area contributed by atoms with Crippen LogP contribution < -0.4 is 5.73 Å². The van der Waals surface area contributed by atoms with Crippen molar-refractivity contribution < 1.29 is 9.90 Å². The van der Waals surface area contributed by atoms with Gasteiger partial charge in [-0.25, -0.2) is 0 Å². The van der Waals surface area contributed by atoms with Crippen LogP contribution in [0.15, 0.2) is 24.3 Å². The quantitative estimate of drug-likeness (QED) is 0.690. The number of aliphatic carboxylic acids is 1. The van der Waals surface area contributed by atoms with Gasteiger partial charge in [-0.2, -0.15) is 0 Å². The maximum atomic E-state index is 10.9. The van der Waals surface area contributed by atoms with Crippen LogP contribution in [0.2, 0.25) is 0 Å². The van der Waals surface area contributed by atoms with Crippen molar-refractivity contribution in [1.29, 1.82) is 0 Å². The van der Waals surface area contributed by atoms with E-state index in [0.717, 1.165) is 6.42 Å². The SMILES string of the molecule is CCCC1(N)C=CC=CC1C(=O)O. The lowest BCUT2D eigenvalue weighted by molar-refractivity contribution is -0.141. The highest BCUT2D eigenvalue weighted by Gasteiger charge is 2.36. The van der Waals surface area contributed by atoms with Gasteiger partial charge in [-0.3, -0.25) is 4.79 Å². The zero-order chi connectivity index (χ0) is 9.90. The van der Waals surface area contributed by atoms with E-state index in [9.17, 15) is 4.79 Å². The Bertz CT molecular complexity index is 258. The molecular weight excluding hydrogens is 166 g/mol. The Morgan fingerprint density at radius 2 is 2.31 bits per heavy atom. The van der Waals surface area contributed by atoms with Crippen molar-refractivity contribution in [2.45, 2.75) is 25.3 Å². The van der Waals surface area contributed by atoms with Crippen LogP contribution in [0.25, 0.3) is 0 Å². The molecule has 1 rings (SSSR count). The molecule has 1 aliphatic carbocycles. The zero-order valence-corrected chi connectivity index (χ0v) is 7.73. The molecular formula is C10H15NO2. The van der Waals surface area contributed by atoms with Crippen molar-refractivity contribution in [3.8, 4) is 0 Å². The van der Waals surface area contributed by atoms with E-state index in [1.165, 1.54) is 0 Å². The van der Waals surface area contributed by atoms with E-state index in [1.54, 1.807) is 18.2 Å². The topological polar surface area (TPSA) is 63.3 Å². The molecule has 3 nitrogen and oxygen atoms in total. The molecule has 2 unspecified atom stereocenters. The summed E-state index contributed by atoms with van der Waals surface area (Å²) >= 11 is 0. The minimum absolute atomic E-state index is 0.586. The van der Waals surface area contributed by atoms with Gasteiger partial charge < -0.3 is 10.8 Å². The van der Waals surface area contributed by atoms with Gasteiger partial charge >= 0.3 is 5.97 Å². The van der Waals surface area contributed by atoms with E-state index in [1.807, 2.05) is 13.0 Å². The maximum Gasteiger partial charge on any atom is 0.312 e. The summed E-state index contributed by atoms with van der Waals surface area (Å²) < 4.78 is 0. The van der Waals surface area contributed by atoms with Crippen LogP contribution in [0.1, 0.15) is 19.8 Å². The minimum atomic E-state index is -0.850. The molecule has 3 heteroatoms. The third-order valence-corrected chi connectivity index (χ3v) is 2.35. The van der Waals surface area contributed by atoms with Crippen molar-refractivity contribution in [2.75, 3.05) is 0 Å². The maximum absolute atomic E-state index is 10.9. The van der Waals surface area contributed by atoms with Crippen LogP contribution in [-0.4, -0.2) is 16.6 Å². The second kappa shape index (κ2) is 3.75. The van der Waals surface area contributed by atoms with Crippen LogP contribution in [-0.2, 0) is 4.79 Å². The smallest absolute Gasteiger partial charge is 0.312 e. The Balaban J connectivity index is 2.86. The number of rotatable bonds is 3. The summed E-state index contributed by atoms with van der Waals surface area (Å²) in [6.45, 7) is 2.00. The highest BCUT2D eigenvalue weighted by molar-refractivity contribution is 5.75. The van der Waals surface area contributed by atoms with Crippen LogP contribution in [0.3, 0.4) is 0 Å². The first-order valence-electron chi connectivity index (χ1n) is 4.48. The molecule has 0 aromatic carbocycles. The summed E-state index contributed by atoms with van der Waals surface area (Å²) in [7, 11) is 0. The van der Waals surface area contributed by atoms with E-state index in [2.05, 4.69) is 0 Å². The van der Waals surface area contributed by atoms with E-state index < -0.39 is 17.4 Å². The lowest BCUT2D eigenvalue weighted by Crippen LogP contribution is -2.48. The molecule has 0 radical (unpaired) electrons. The molecule has 72 valence electrons. The summed E-state index contributed by atoms with van der Waals surface area (Å²) in [5.41, 5.74) is 5.30. The third kappa shape index (κ3) is 1.98. The predicted octanol–water partition coefficient (Wildman–Crippen LogP) is 1.31. The van der Waals surface area contributed by atoms with E-state index in [4.69, 9.17) is 10.8 Å². The Kier molecular flexibility index (Phi) is 2.88. The standard InChI is InChI=1S/C10H15NO2/c1-2-6-10(11)7-4-3-5-8(10)9(12)13/h3-5,7-8H,2,6,11H2,1H3,(H,12,13). The van der Waals surface area contributed by atoms with Crippen molar-refractivity contribution in [1.82, 2.24) is 0 Å².